The number of benzene rings is 2. The molecule has 0 bridgehead atoms. The molecule has 1 saturated heterocycles. The maximum atomic E-state index is 12.7. The molecule has 2 aromatic rings. The predicted molar refractivity (Wildman–Crippen MR) is 82.4 cm³/mol. The highest BCUT2D eigenvalue weighted by Crippen LogP contribution is 2.26. The second-order valence-electron chi connectivity index (χ2n) is 5.42. The van der Waals surface area contributed by atoms with E-state index in [4.69, 9.17) is 4.74 Å². The summed E-state index contributed by atoms with van der Waals surface area (Å²) in [7, 11) is 0. The van der Waals surface area contributed by atoms with Crippen LogP contribution in [0.5, 0.6) is 0 Å². The molecule has 0 radical (unpaired) electrons. The van der Waals surface area contributed by atoms with Crippen LogP contribution in [0, 0.1) is 0 Å². The highest BCUT2D eigenvalue weighted by molar-refractivity contribution is 5.94. The first-order valence-electron chi connectivity index (χ1n) is 7.48. The van der Waals surface area contributed by atoms with Gasteiger partial charge in [-0.05, 0) is 17.7 Å². The lowest BCUT2D eigenvalue weighted by atomic mass is 10.0. The molecular weight excluding hydrogens is 300 g/mol. The van der Waals surface area contributed by atoms with Gasteiger partial charge in [-0.1, -0.05) is 42.5 Å². The molecule has 1 amide bonds. The van der Waals surface area contributed by atoms with Crippen molar-refractivity contribution in [2.24, 2.45) is 0 Å². The van der Waals surface area contributed by atoms with E-state index in [-0.39, 0.29) is 17.5 Å². The molecule has 3 rings (SSSR count). The minimum atomic E-state index is -2.53. The number of alkyl halides is 2. The molecule has 3 nitrogen and oxygen atoms in total. The van der Waals surface area contributed by atoms with E-state index in [1.807, 2.05) is 30.3 Å². The summed E-state index contributed by atoms with van der Waals surface area (Å²) in [5.74, 6) is -0.164. The van der Waals surface area contributed by atoms with Gasteiger partial charge >= 0.3 is 0 Å². The molecule has 0 saturated carbocycles. The number of amides is 1. The Morgan fingerprint density at radius 3 is 2.43 bits per heavy atom. The molecule has 0 aliphatic carbocycles. The Morgan fingerprint density at radius 2 is 1.78 bits per heavy atom. The second kappa shape index (κ2) is 6.87. The van der Waals surface area contributed by atoms with Crippen LogP contribution in [0.4, 0.5) is 8.78 Å². The third-order valence-corrected chi connectivity index (χ3v) is 3.98. The largest absolute Gasteiger partial charge is 0.377 e. The van der Waals surface area contributed by atoms with E-state index in [0.29, 0.717) is 25.3 Å². The van der Waals surface area contributed by atoms with Gasteiger partial charge in [-0.2, -0.15) is 0 Å². The van der Waals surface area contributed by atoms with Gasteiger partial charge in [0.05, 0.1) is 19.3 Å². The van der Waals surface area contributed by atoms with Gasteiger partial charge in [0.2, 0.25) is 0 Å². The first-order valence-corrected chi connectivity index (χ1v) is 7.48. The van der Waals surface area contributed by atoms with Crippen molar-refractivity contribution in [3.05, 3.63) is 71.3 Å². The average Bonchev–Trinajstić information content (AvgIpc) is 2.62. The molecule has 0 N–H and O–H groups in total. The number of hydrogen-bond donors (Lipinski definition) is 0. The Morgan fingerprint density at radius 1 is 1.09 bits per heavy atom. The Kier molecular flexibility index (Phi) is 4.67. The molecule has 5 heteroatoms. The summed E-state index contributed by atoms with van der Waals surface area (Å²) >= 11 is 0. The lowest BCUT2D eigenvalue weighted by molar-refractivity contribution is -0.00270. The zero-order valence-electron chi connectivity index (χ0n) is 12.5. The average molecular weight is 317 g/mol. The standard InChI is InChI=1S/C18H17F2NO2/c19-17(20)14-6-8-15(9-7-14)18(22)21-10-11-23-12-16(21)13-4-2-1-3-5-13/h1-9,16-17H,10-12H2. The van der Waals surface area contributed by atoms with Gasteiger partial charge in [-0.15, -0.1) is 0 Å². The zero-order chi connectivity index (χ0) is 16.2. The Balaban J connectivity index is 1.84. The van der Waals surface area contributed by atoms with Crippen molar-refractivity contribution in [3.8, 4) is 0 Å². The molecule has 1 aliphatic heterocycles. The van der Waals surface area contributed by atoms with Gasteiger partial charge in [0, 0.05) is 17.7 Å². The highest BCUT2D eigenvalue weighted by Gasteiger charge is 2.29. The monoisotopic (exact) mass is 317 g/mol. The summed E-state index contributed by atoms with van der Waals surface area (Å²) in [4.78, 5) is 14.5. The fourth-order valence-corrected chi connectivity index (χ4v) is 2.74. The summed E-state index contributed by atoms with van der Waals surface area (Å²) in [6, 6.07) is 15.0. The molecule has 1 heterocycles. The predicted octanol–water partition coefficient (Wildman–Crippen LogP) is 3.84. The van der Waals surface area contributed by atoms with Crippen molar-refractivity contribution in [2.75, 3.05) is 19.8 Å². The van der Waals surface area contributed by atoms with Crippen LogP contribution < -0.4 is 0 Å². The quantitative estimate of drug-likeness (QED) is 0.861. The molecule has 1 fully saturated rings. The Bertz CT molecular complexity index is 658. The summed E-state index contributed by atoms with van der Waals surface area (Å²) in [5.41, 5.74) is 1.34. The number of carbonyl (C=O) groups is 1. The maximum absolute atomic E-state index is 12.7. The second-order valence-corrected chi connectivity index (χ2v) is 5.42. The number of carbonyl (C=O) groups excluding carboxylic acids is 1. The molecule has 0 aromatic heterocycles. The van der Waals surface area contributed by atoms with Crippen LogP contribution >= 0.6 is 0 Å². The molecule has 1 aliphatic rings. The van der Waals surface area contributed by atoms with Crippen LogP contribution in [0.2, 0.25) is 0 Å². The number of rotatable bonds is 3. The highest BCUT2D eigenvalue weighted by atomic mass is 19.3. The maximum Gasteiger partial charge on any atom is 0.263 e. The molecule has 120 valence electrons. The molecular formula is C18H17F2NO2. The Hall–Kier alpha value is -2.27. The number of hydrogen-bond acceptors (Lipinski definition) is 2. The van der Waals surface area contributed by atoms with Gasteiger partial charge in [0.25, 0.3) is 12.3 Å². The first kappa shape index (κ1) is 15.6. The third-order valence-electron chi connectivity index (χ3n) is 3.98. The van der Waals surface area contributed by atoms with Gasteiger partial charge < -0.3 is 9.64 Å². The van der Waals surface area contributed by atoms with Crippen molar-refractivity contribution in [1.82, 2.24) is 4.90 Å². The van der Waals surface area contributed by atoms with Gasteiger partial charge in [0.1, 0.15) is 0 Å². The van der Waals surface area contributed by atoms with E-state index in [2.05, 4.69) is 0 Å². The topological polar surface area (TPSA) is 29.5 Å². The summed E-state index contributed by atoms with van der Waals surface area (Å²) in [5, 5.41) is 0. The number of nitrogens with zero attached hydrogens (tertiary/aromatic N) is 1. The minimum Gasteiger partial charge on any atom is -0.377 e. The summed E-state index contributed by atoms with van der Waals surface area (Å²) in [6.07, 6.45) is -2.53. The third kappa shape index (κ3) is 3.40. The fraction of sp³-hybridized carbons (Fsp3) is 0.278. The van der Waals surface area contributed by atoms with Gasteiger partial charge in [-0.25, -0.2) is 8.78 Å². The SMILES string of the molecule is O=C(c1ccc(C(F)F)cc1)N1CCOCC1c1ccccc1. The van der Waals surface area contributed by atoms with Crippen molar-refractivity contribution in [1.29, 1.82) is 0 Å². The van der Waals surface area contributed by atoms with Crippen LogP contribution in [-0.4, -0.2) is 30.6 Å². The number of ether oxygens (including phenoxy) is 1. The Labute approximate surface area is 133 Å². The van der Waals surface area contributed by atoms with E-state index in [0.717, 1.165) is 5.56 Å². The van der Waals surface area contributed by atoms with Crippen LogP contribution in [0.3, 0.4) is 0 Å². The molecule has 1 unspecified atom stereocenters. The van der Waals surface area contributed by atoms with Crippen molar-refractivity contribution < 1.29 is 18.3 Å². The minimum absolute atomic E-state index is 0.0804. The van der Waals surface area contributed by atoms with E-state index in [9.17, 15) is 13.6 Å². The van der Waals surface area contributed by atoms with Crippen molar-refractivity contribution in [3.63, 3.8) is 0 Å². The number of halogens is 2. The molecule has 2 aromatic carbocycles. The normalized spacial score (nSPS) is 18.2. The van der Waals surface area contributed by atoms with Gasteiger partial charge in [-0.3, -0.25) is 4.79 Å². The fourth-order valence-electron chi connectivity index (χ4n) is 2.74. The first-order chi connectivity index (χ1) is 11.2. The number of morpholine rings is 1. The lowest BCUT2D eigenvalue weighted by Crippen LogP contribution is -2.43. The van der Waals surface area contributed by atoms with E-state index >= 15 is 0 Å². The van der Waals surface area contributed by atoms with E-state index in [1.54, 1.807) is 4.90 Å². The van der Waals surface area contributed by atoms with Crippen molar-refractivity contribution >= 4 is 5.91 Å². The molecule has 0 spiro atoms. The van der Waals surface area contributed by atoms with Crippen LogP contribution in [0.15, 0.2) is 54.6 Å². The van der Waals surface area contributed by atoms with E-state index in [1.165, 1.54) is 24.3 Å². The van der Waals surface area contributed by atoms with Crippen molar-refractivity contribution in [2.45, 2.75) is 12.5 Å². The van der Waals surface area contributed by atoms with Crippen LogP contribution in [0.25, 0.3) is 0 Å². The van der Waals surface area contributed by atoms with Gasteiger partial charge in [0.15, 0.2) is 0 Å². The van der Waals surface area contributed by atoms with Crippen LogP contribution in [-0.2, 0) is 4.74 Å². The zero-order valence-corrected chi connectivity index (χ0v) is 12.5. The van der Waals surface area contributed by atoms with E-state index < -0.39 is 6.43 Å². The summed E-state index contributed by atoms with van der Waals surface area (Å²) in [6.45, 7) is 1.39. The lowest BCUT2D eigenvalue weighted by Gasteiger charge is -2.36. The smallest absolute Gasteiger partial charge is 0.263 e. The summed E-state index contributed by atoms with van der Waals surface area (Å²) < 4.78 is 30.8. The van der Waals surface area contributed by atoms with Crippen LogP contribution in [0.1, 0.15) is 34.0 Å². The molecule has 23 heavy (non-hydrogen) atoms. The molecule has 1 atom stereocenters.